The smallest absolute Gasteiger partial charge is 0.294 e. The Hall–Kier alpha value is -3.41. The van der Waals surface area contributed by atoms with Crippen LogP contribution in [0.4, 0.5) is 17.1 Å². The number of non-ortho nitro benzene ring substituents is 1. The summed E-state index contributed by atoms with van der Waals surface area (Å²) in [6.45, 7) is 8.53. The fraction of sp³-hybridized carbons (Fsp3) is 0.375. The summed E-state index contributed by atoms with van der Waals surface area (Å²) in [6, 6.07) is 14.3. The number of benzene rings is 2. The number of anilines is 2. The quantitative estimate of drug-likeness (QED) is 0.272. The van der Waals surface area contributed by atoms with Crippen molar-refractivity contribution in [3.63, 3.8) is 0 Å². The summed E-state index contributed by atoms with van der Waals surface area (Å²) in [7, 11) is 0. The molecule has 0 aromatic heterocycles. The van der Waals surface area contributed by atoms with Crippen LogP contribution in [0.2, 0.25) is 0 Å². The molecule has 2 aliphatic heterocycles. The fourth-order valence-corrected chi connectivity index (χ4v) is 4.85. The first kappa shape index (κ1) is 24.7. The summed E-state index contributed by atoms with van der Waals surface area (Å²) in [5, 5.41) is 16.0. The summed E-state index contributed by atoms with van der Waals surface area (Å²) < 4.78 is 0.0342. The van der Waals surface area contributed by atoms with E-state index in [9.17, 15) is 14.9 Å². The van der Waals surface area contributed by atoms with Crippen molar-refractivity contribution in [2.24, 2.45) is 10.8 Å². The van der Waals surface area contributed by atoms with E-state index in [0.717, 1.165) is 43.1 Å². The van der Waals surface area contributed by atoms with Crippen LogP contribution in [0, 0.1) is 10.1 Å². The Bertz CT molecular complexity index is 1160. The van der Waals surface area contributed by atoms with Crippen LogP contribution < -0.4 is 15.5 Å². The van der Waals surface area contributed by atoms with Crippen molar-refractivity contribution >= 4 is 46.0 Å². The van der Waals surface area contributed by atoms with Gasteiger partial charge in [0.1, 0.15) is 13.1 Å². The Labute approximate surface area is 209 Å². The number of fused-ring (bicyclic) bond motifs is 1. The number of amides is 1. The number of carbonyl (C=O) groups excluding carboxylic acids is 1. The highest BCUT2D eigenvalue weighted by Gasteiger charge is 2.40. The molecular weight excluding hydrogens is 466 g/mol. The van der Waals surface area contributed by atoms with Gasteiger partial charge in [0.05, 0.1) is 17.3 Å². The van der Waals surface area contributed by atoms with E-state index >= 15 is 0 Å². The number of nitro groups is 1. The van der Waals surface area contributed by atoms with E-state index in [1.807, 2.05) is 38.1 Å². The SMILES string of the molecule is CC[N+](CC)(/N=C1\C(=O)N(CN2CCN(c3ccc([N+](=O)[O-])cc3)CC2)c2ccccc21)C(N)=S. The molecule has 0 unspecified atom stereocenters. The monoisotopic (exact) mass is 496 g/mol. The third kappa shape index (κ3) is 4.75. The Kier molecular flexibility index (Phi) is 7.10. The van der Waals surface area contributed by atoms with Gasteiger partial charge in [0, 0.05) is 61.8 Å². The first-order valence-electron chi connectivity index (χ1n) is 11.7. The number of nitro benzene ring substituents is 1. The topological polar surface area (TPSA) is 108 Å². The summed E-state index contributed by atoms with van der Waals surface area (Å²) in [4.78, 5) is 30.3. The van der Waals surface area contributed by atoms with Gasteiger partial charge in [-0.05, 0) is 32.0 Å². The van der Waals surface area contributed by atoms with Crippen LogP contribution in [0.25, 0.3) is 0 Å². The minimum atomic E-state index is -0.394. The molecule has 11 heteroatoms. The highest BCUT2D eigenvalue weighted by atomic mass is 32.1. The predicted molar refractivity (Wildman–Crippen MR) is 140 cm³/mol. The number of carbonyl (C=O) groups is 1. The van der Waals surface area contributed by atoms with Gasteiger partial charge in [0.15, 0.2) is 5.71 Å². The van der Waals surface area contributed by atoms with Crippen molar-refractivity contribution in [3.8, 4) is 0 Å². The van der Waals surface area contributed by atoms with E-state index < -0.39 is 4.92 Å². The van der Waals surface area contributed by atoms with Crippen LogP contribution in [-0.2, 0) is 4.79 Å². The largest absolute Gasteiger partial charge is 0.369 e. The van der Waals surface area contributed by atoms with E-state index in [-0.39, 0.29) is 21.3 Å². The number of thiocarbonyl (C=S) groups is 1. The molecule has 35 heavy (non-hydrogen) atoms. The van der Waals surface area contributed by atoms with Crippen molar-refractivity contribution in [1.29, 1.82) is 0 Å². The molecule has 0 atom stereocenters. The van der Waals surface area contributed by atoms with Crippen LogP contribution >= 0.6 is 12.2 Å². The van der Waals surface area contributed by atoms with Crippen LogP contribution in [0.15, 0.2) is 53.6 Å². The average Bonchev–Trinajstić information content (AvgIpc) is 3.13. The van der Waals surface area contributed by atoms with Gasteiger partial charge in [-0.2, -0.15) is 0 Å². The third-order valence-corrected chi connectivity index (χ3v) is 7.12. The lowest BCUT2D eigenvalue weighted by molar-refractivity contribution is -0.843. The molecule has 10 nitrogen and oxygen atoms in total. The van der Waals surface area contributed by atoms with Crippen molar-refractivity contribution < 1.29 is 14.3 Å². The minimum Gasteiger partial charge on any atom is -0.369 e. The van der Waals surface area contributed by atoms with Crippen molar-refractivity contribution in [1.82, 2.24) is 4.90 Å². The summed E-state index contributed by atoms with van der Waals surface area (Å²) in [5.41, 5.74) is 9.09. The normalized spacial score (nSPS) is 17.7. The molecule has 184 valence electrons. The number of hydrogen-bond donors (Lipinski definition) is 1. The predicted octanol–water partition coefficient (Wildman–Crippen LogP) is 2.53. The summed E-state index contributed by atoms with van der Waals surface area (Å²) in [5.74, 6) is -0.148. The number of piperazine rings is 1. The number of para-hydroxylation sites is 1. The molecule has 1 fully saturated rings. The highest BCUT2D eigenvalue weighted by molar-refractivity contribution is 7.79. The molecular formula is C24H30N7O3S+. The summed E-state index contributed by atoms with van der Waals surface area (Å²) >= 11 is 5.30. The van der Waals surface area contributed by atoms with Gasteiger partial charge in [0.2, 0.25) is 0 Å². The van der Waals surface area contributed by atoms with Crippen molar-refractivity contribution in [2.75, 3.05) is 55.7 Å². The number of quaternary nitrogens is 1. The standard InChI is InChI=1S/C24H29N7O3S/c1-3-31(4-2,24(25)35)26-22-20-7-5-6-8-21(20)29(23(22)32)17-27-13-15-28(16-14-27)18-9-11-19(12-10-18)30(33)34/h5-12H,3-4,13-17H2,1-2H3,(H-,25,35)/p+1/b26-22-. The first-order valence-corrected chi connectivity index (χ1v) is 12.1. The van der Waals surface area contributed by atoms with Gasteiger partial charge < -0.3 is 10.6 Å². The van der Waals surface area contributed by atoms with E-state index in [1.54, 1.807) is 17.0 Å². The molecule has 0 radical (unpaired) electrons. The highest BCUT2D eigenvalue weighted by Crippen LogP contribution is 2.31. The second-order valence-electron chi connectivity index (χ2n) is 8.61. The molecule has 0 bridgehead atoms. The maximum absolute atomic E-state index is 13.5. The van der Waals surface area contributed by atoms with Gasteiger partial charge in [0.25, 0.3) is 16.7 Å². The Morgan fingerprint density at radius 3 is 2.29 bits per heavy atom. The van der Waals surface area contributed by atoms with Gasteiger partial charge in [-0.1, -0.05) is 23.3 Å². The average molecular weight is 497 g/mol. The van der Waals surface area contributed by atoms with Crippen LogP contribution in [-0.4, -0.2) is 77.1 Å². The van der Waals surface area contributed by atoms with Crippen LogP contribution in [0.3, 0.4) is 0 Å². The lowest BCUT2D eigenvalue weighted by Gasteiger charge is -2.37. The lowest BCUT2D eigenvalue weighted by atomic mass is 10.1. The second kappa shape index (κ2) is 10.1. The molecule has 4 rings (SSSR count). The maximum atomic E-state index is 13.5. The van der Waals surface area contributed by atoms with Crippen LogP contribution in [0.1, 0.15) is 19.4 Å². The van der Waals surface area contributed by atoms with Gasteiger partial charge in [-0.25, -0.2) is 0 Å². The molecule has 0 spiro atoms. The second-order valence-corrected chi connectivity index (χ2v) is 9.03. The number of nitrogens with zero attached hydrogens (tertiary/aromatic N) is 6. The fourth-order valence-electron chi connectivity index (χ4n) is 4.55. The van der Waals surface area contributed by atoms with Crippen molar-refractivity contribution in [2.45, 2.75) is 13.8 Å². The first-order chi connectivity index (χ1) is 16.8. The summed E-state index contributed by atoms with van der Waals surface area (Å²) in [6.07, 6.45) is 0. The van der Waals surface area contributed by atoms with Gasteiger partial charge in [-0.15, -0.1) is 4.59 Å². The Morgan fingerprint density at radius 2 is 1.71 bits per heavy atom. The van der Waals surface area contributed by atoms with Crippen molar-refractivity contribution in [3.05, 3.63) is 64.2 Å². The molecule has 1 saturated heterocycles. The molecule has 2 aliphatic rings. The zero-order valence-corrected chi connectivity index (χ0v) is 20.8. The van der Waals surface area contributed by atoms with E-state index in [2.05, 4.69) is 9.80 Å². The molecule has 0 aliphatic carbocycles. The third-order valence-electron chi connectivity index (χ3n) is 6.79. The zero-order chi connectivity index (χ0) is 25.2. The molecule has 2 N–H and O–H groups in total. The molecule has 1 amide bonds. The zero-order valence-electron chi connectivity index (χ0n) is 20.0. The Balaban J connectivity index is 1.49. The molecule has 2 aromatic rings. The van der Waals surface area contributed by atoms with Gasteiger partial charge in [-0.3, -0.25) is 24.7 Å². The lowest BCUT2D eigenvalue weighted by Crippen LogP contribution is -2.53. The van der Waals surface area contributed by atoms with E-state index in [1.165, 1.54) is 12.1 Å². The minimum absolute atomic E-state index is 0.0342. The number of hydrogen-bond acceptors (Lipinski definition) is 7. The maximum Gasteiger partial charge on any atom is 0.294 e. The van der Waals surface area contributed by atoms with E-state index in [0.29, 0.717) is 25.5 Å². The molecule has 2 aromatic carbocycles. The van der Waals surface area contributed by atoms with E-state index in [4.69, 9.17) is 23.1 Å². The molecule has 0 saturated carbocycles. The Morgan fingerprint density at radius 1 is 1.09 bits per heavy atom. The number of rotatable bonds is 7. The molecule has 2 heterocycles. The van der Waals surface area contributed by atoms with Gasteiger partial charge >= 0.3 is 0 Å². The van der Waals surface area contributed by atoms with Crippen LogP contribution in [0.5, 0.6) is 0 Å². The number of nitrogens with two attached hydrogens (primary N) is 1.